The monoisotopic (exact) mass is 229 g/mol. The number of hydrogen-bond acceptors (Lipinski definition) is 4. The molecule has 0 atom stereocenters. The van der Waals surface area contributed by atoms with Gasteiger partial charge in [0, 0.05) is 5.57 Å². The van der Waals surface area contributed by atoms with Gasteiger partial charge in [-0.2, -0.15) is 5.26 Å². The molecule has 0 amide bonds. The maximum absolute atomic E-state index is 11.4. The SMILES string of the molecule is COC(=O)c1cccc(C2=C(C#N)COC2)c1. The second kappa shape index (κ2) is 4.81. The molecule has 0 radical (unpaired) electrons. The highest BCUT2D eigenvalue weighted by molar-refractivity contribution is 5.91. The van der Waals surface area contributed by atoms with Crippen LogP contribution in [0.4, 0.5) is 0 Å². The summed E-state index contributed by atoms with van der Waals surface area (Å²) in [5.74, 6) is -0.384. The van der Waals surface area contributed by atoms with Crippen molar-refractivity contribution < 1.29 is 14.3 Å². The van der Waals surface area contributed by atoms with Crippen molar-refractivity contribution in [1.82, 2.24) is 0 Å². The summed E-state index contributed by atoms with van der Waals surface area (Å²) in [6.45, 7) is 0.752. The topological polar surface area (TPSA) is 59.3 Å². The molecule has 4 heteroatoms. The zero-order valence-corrected chi connectivity index (χ0v) is 9.40. The van der Waals surface area contributed by atoms with Crippen LogP contribution in [0.2, 0.25) is 0 Å². The third kappa shape index (κ3) is 2.19. The number of carbonyl (C=O) groups excluding carboxylic acids is 1. The summed E-state index contributed by atoms with van der Waals surface area (Å²) < 4.78 is 9.88. The first-order chi connectivity index (χ1) is 8.26. The quantitative estimate of drug-likeness (QED) is 0.725. The Kier molecular flexibility index (Phi) is 3.22. The zero-order valence-electron chi connectivity index (χ0n) is 9.40. The second-order valence-corrected chi connectivity index (χ2v) is 3.63. The van der Waals surface area contributed by atoms with E-state index < -0.39 is 0 Å². The lowest BCUT2D eigenvalue weighted by Gasteiger charge is -2.04. The predicted octanol–water partition coefficient (Wildman–Crippen LogP) is 1.78. The van der Waals surface area contributed by atoms with Crippen LogP contribution in [-0.4, -0.2) is 26.3 Å². The van der Waals surface area contributed by atoms with E-state index in [9.17, 15) is 4.79 Å². The van der Waals surface area contributed by atoms with E-state index in [2.05, 4.69) is 10.8 Å². The molecule has 2 rings (SSSR count). The van der Waals surface area contributed by atoms with Crippen LogP contribution in [0.5, 0.6) is 0 Å². The van der Waals surface area contributed by atoms with E-state index in [1.807, 2.05) is 6.07 Å². The summed E-state index contributed by atoms with van der Waals surface area (Å²) in [5.41, 5.74) is 2.77. The summed E-state index contributed by atoms with van der Waals surface area (Å²) in [6, 6.07) is 9.13. The van der Waals surface area contributed by atoms with Gasteiger partial charge in [-0.3, -0.25) is 0 Å². The fourth-order valence-electron chi connectivity index (χ4n) is 1.74. The lowest BCUT2D eigenvalue weighted by atomic mass is 10.0. The van der Waals surface area contributed by atoms with Crippen LogP contribution in [0, 0.1) is 11.3 Å². The van der Waals surface area contributed by atoms with E-state index in [4.69, 9.17) is 10.00 Å². The molecule has 1 heterocycles. The van der Waals surface area contributed by atoms with Crippen molar-refractivity contribution in [3.63, 3.8) is 0 Å². The third-order valence-corrected chi connectivity index (χ3v) is 2.62. The van der Waals surface area contributed by atoms with Gasteiger partial charge in [0.2, 0.25) is 0 Å². The molecule has 17 heavy (non-hydrogen) atoms. The Morgan fingerprint density at radius 1 is 1.47 bits per heavy atom. The summed E-state index contributed by atoms with van der Waals surface area (Å²) in [4.78, 5) is 11.4. The summed E-state index contributed by atoms with van der Waals surface area (Å²) in [5, 5.41) is 8.94. The molecule has 1 aromatic rings. The van der Waals surface area contributed by atoms with E-state index in [1.165, 1.54) is 7.11 Å². The third-order valence-electron chi connectivity index (χ3n) is 2.62. The minimum Gasteiger partial charge on any atom is -0.465 e. The van der Waals surface area contributed by atoms with Gasteiger partial charge >= 0.3 is 5.97 Å². The molecular weight excluding hydrogens is 218 g/mol. The lowest BCUT2D eigenvalue weighted by Crippen LogP contribution is -2.02. The molecule has 4 nitrogen and oxygen atoms in total. The molecule has 1 aliphatic heterocycles. The highest BCUT2D eigenvalue weighted by Crippen LogP contribution is 2.25. The van der Waals surface area contributed by atoms with Gasteiger partial charge < -0.3 is 9.47 Å². The van der Waals surface area contributed by atoms with Crippen LogP contribution >= 0.6 is 0 Å². The number of benzene rings is 1. The molecule has 0 aliphatic carbocycles. The van der Waals surface area contributed by atoms with Crippen LogP contribution < -0.4 is 0 Å². The average Bonchev–Trinajstić information content (AvgIpc) is 2.86. The van der Waals surface area contributed by atoms with Gasteiger partial charge in [-0.1, -0.05) is 12.1 Å². The van der Waals surface area contributed by atoms with Crippen molar-refractivity contribution in [2.24, 2.45) is 0 Å². The second-order valence-electron chi connectivity index (χ2n) is 3.63. The molecule has 0 spiro atoms. The Morgan fingerprint density at radius 3 is 3.00 bits per heavy atom. The van der Waals surface area contributed by atoms with Gasteiger partial charge in [-0.05, 0) is 17.7 Å². The van der Waals surface area contributed by atoms with Gasteiger partial charge in [0.05, 0.1) is 37.5 Å². The minimum atomic E-state index is -0.384. The zero-order chi connectivity index (χ0) is 12.3. The number of rotatable bonds is 2. The fourth-order valence-corrected chi connectivity index (χ4v) is 1.74. The van der Waals surface area contributed by atoms with Gasteiger partial charge in [0.15, 0.2) is 0 Å². The number of carbonyl (C=O) groups is 1. The van der Waals surface area contributed by atoms with Gasteiger partial charge in [-0.25, -0.2) is 4.79 Å². The maximum atomic E-state index is 11.4. The molecule has 1 aliphatic rings. The maximum Gasteiger partial charge on any atom is 0.337 e. The van der Waals surface area contributed by atoms with Crippen molar-refractivity contribution in [2.45, 2.75) is 0 Å². The smallest absolute Gasteiger partial charge is 0.337 e. The first-order valence-corrected chi connectivity index (χ1v) is 5.15. The molecular formula is C13H11NO3. The first kappa shape index (κ1) is 11.4. The number of nitrogens with zero attached hydrogens (tertiary/aromatic N) is 1. The molecule has 1 aromatic carbocycles. The minimum absolute atomic E-state index is 0.342. The van der Waals surface area contributed by atoms with Crippen molar-refractivity contribution in [2.75, 3.05) is 20.3 Å². The molecule has 0 bridgehead atoms. The summed E-state index contributed by atoms with van der Waals surface area (Å²) >= 11 is 0. The number of nitriles is 1. The van der Waals surface area contributed by atoms with Crippen LogP contribution in [-0.2, 0) is 9.47 Å². The number of hydrogen-bond donors (Lipinski definition) is 0. The van der Waals surface area contributed by atoms with E-state index >= 15 is 0 Å². The lowest BCUT2D eigenvalue weighted by molar-refractivity contribution is 0.0600. The van der Waals surface area contributed by atoms with Crippen LogP contribution in [0.25, 0.3) is 5.57 Å². The molecule has 0 saturated carbocycles. The highest BCUT2D eigenvalue weighted by Gasteiger charge is 2.17. The van der Waals surface area contributed by atoms with Crippen LogP contribution in [0.3, 0.4) is 0 Å². The highest BCUT2D eigenvalue weighted by atomic mass is 16.5. The van der Waals surface area contributed by atoms with Crippen molar-refractivity contribution in [3.8, 4) is 6.07 Å². The standard InChI is InChI=1S/C13H11NO3/c1-16-13(15)10-4-2-3-9(5-10)12-8-17-7-11(12)6-14/h2-5H,7-8H2,1H3. The number of ether oxygens (including phenoxy) is 2. The van der Waals surface area contributed by atoms with Crippen molar-refractivity contribution >= 4 is 11.5 Å². The molecule has 0 fully saturated rings. The Bertz CT molecular complexity index is 526. The molecule has 86 valence electrons. The Balaban J connectivity index is 2.41. The Morgan fingerprint density at radius 2 is 2.29 bits per heavy atom. The van der Waals surface area contributed by atoms with Crippen molar-refractivity contribution in [1.29, 1.82) is 5.26 Å². The Hall–Kier alpha value is -2.12. The predicted molar refractivity (Wildman–Crippen MR) is 61.1 cm³/mol. The number of methoxy groups -OCH3 is 1. The average molecular weight is 229 g/mol. The van der Waals surface area contributed by atoms with Gasteiger partial charge in [0.1, 0.15) is 0 Å². The summed E-state index contributed by atoms with van der Waals surface area (Å²) in [6.07, 6.45) is 0. The van der Waals surface area contributed by atoms with Crippen LogP contribution in [0.1, 0.15) is 15.9 Å². The molecule has 0 aromatic heterocycles. The molecule has 0 saturated heterocycles. The number of esters is 1. The van der Waals surface area contributed by atoms with E-state index in [1.54, 1.807) is 18.2 Å². The van der Waals surface area contributed by atoms with Crippen LogP contribution in [0.15, 0.2) is 29.8 Å². The van der Waals surface area contributed by atoms with Crippen molar-refractivity contribution in [3.05, 3.63) is 41.0 Å². The van der Waals surface area contributed by atoms with E-state index in [0.717, 1.165) is 11.1 Å². The first-order valence-electron chi connectivity index (χ1n) is 5.15. The van der Waals surface area contributed by atoms with E-state index in [0.29, 0.717) is 24.4 Å². The van der Waals surface area contributed by atoms with E-state index in [-0.39, 0.29) is 5.97 Å². The Labute approximate surface area is 99.1 Å². The normalized spacial score (nSPS) is 14.6. The van der Waals surface area contributed by atoms with Gasteiger partial charge in [0.25, 0.3) is 0 Å². The largest absolute Gasteiger partial charge is 0.465 e. The van der Waals surface area contributed by atoms with Gasteiger partial charge in [-0.15, -0.1) is 0 Å². The molecule has 0 N–H and O–H groups in total. The summed E-state index contributed by atoms with van der Waals surface area (Å²) in [7, 11) is 1.34. The fraction of sp³-hybridized carbons (Fsp3) is 0.231. The molecule has 0 unspecified atom stereocenters.